The number of para-hydroxylation sites is 1. The highest BCUT2D eigenvalue weighted by Gasteiger charge is 2.20. The Bertz CT molecular complexity index is 2870. The second-order valence-electron chi connectivity index (χ2n) is 11.9. The molecule has 0 aliphatic rings. The van der Waals surface area contributed by atoms with Crippen molar-refractivity contribution in [3.05, 3.63) is 146 Å². The van der Waals surface area contributed by atoms with Gasteiger partial charge in [0.25, 0.3) is 0 Å². The fourth-order valence-corrected chi connectivity index (χ4v) is 6.83. The normalized spacial score (nSPS) is 11.8. The average molecular weight is 601 g/mol. The van der Waals surface area contributed by atoms with Gasteiger partial charge in [-0.25, -0.2) is 19.9 Å². The number of nitrogens with zero attached hydrogens (tertiary/aromatic N) is 4. The first-order valence-electron chi connectivity index (χ1n) is 15.6. The van der Waals surface area contributed by atoms with Crippen LogP contribution in [0.1, 0.15) is 0 Å². The maximum Gasteiger partial charge on any atom is 0.164 e. The number of rotatable bonds is 3. The summed E-state index contributed by atoms with van der Waals surface area (Å²) >= 11 is 0. The molecule has 10 rings (SSSR count). The van der Waals surface area contributed by atoms with Crippen LogP contribution in [-0.4, -0.2) is 19.9 Å². The van der Waals surface area contributed by atoms with E-state index in [-0.39, 0.29) is 0 Å². The highest BCUT2D eigenvalue weighted by atomic mass is 16.3. The fourth-order valence-electron chi connectivity index (χ4n) is 6.83. The van der Waals surface area contributed by atoms with E-state index < -0.39 is 0 Å². The van der Waals surface area contributed by atoms with E-state index in [2.05, 4.69) is 115 Å². The molecule has 0 atom stereocenters. The second kappa shape index (κ2) is 10.0. The largest absolute Gasteiger partial charge is 0.454 e. The van der Waals surface area contributed by atoms with Crippen molar-refractivity contribution in [3.8, 4) is 34.2 Å². The Morgan fingerprint density at radius 1 is 0.383 bits per heavy atom. The minimum Gasteiger partial charge on any atom is -0.454 e. The molecule has 0 aliphatic carbocycles. The van der Waals surface area contributed by atoms with Crippen LogP contribution in [0, 0.1) is 0 Å². The van der Waals surface area contributed by atoms with Crippen molar-refractivity contribution in [2.45, 2.75) is 0 Å². The van der Waals surface area contributed by atoms with Crippen molar-refractivity contribution in [1.29, 1.82) is 0 Å². The number of furan rings is 1. The topological polar surface area (TPSA) is 64.7 Å². The Balaban J connectivity index is 1.29. The first-order chi connectivity index (χ1) is 23.3. The quantitative estimate of drug-likeness (QED) is 0.189. The summed E-state index contributed by atoms with van der Waals surface area (Å²) in [5, 5.41) is 8.80. The molecule has 10 aromatic rings. The van der Waals surface area contributed by atoms with Gasteiger partial charge < -0.3 is 4.42 Å². The van der Waals surface area contributed by atoms with Gasteiger partial charge in [-0.1, -0.05) is 115 Å². The zero-order valence-corrected chi connectivity index (χ0v) is 25.1. The molecule has 0 unspecified atom stereocenters. The summed E-state index contributed by atoms with van der Waals surface area (Å²) in [6.07, 6.45) is 0. The third kappa shape index (κ3) is 4.10. The summed E-state index contributed by atoms with van der Waals surface area (Å²) in [6.45, 7) is 0. The van der Waals surface area contributed by atoms with Gasteiger partial charge >= 0.3 is 0 Å². The molecule has 0 amide bonds. The fraction of sp³-hybridized carbons (Fsp3) is 0. The van der Waals surface area contributed by atoms with Gasteiger partial charge in [-0.05, 0) is 62.6 Å². The van der Waals surface area contributed by atoms with E-state index in [9.17, 15) is 0 Å². The molecule has 0 N–H and O–H groups in total. The Labute approximate surface area is 268 Å². The molecule has 7 aromatic carbocycles. The molecule has 0 radical (unpaired) electrons. The SMILES string of the molecule is c1ccc2cc(-c3nc(-c4cc5ccccc5c5ccccc45)nc(-c4cccc5oc6cc7ccccc7nc6c45)n3)ccc2c1. The number of pyridine rings is 1. The molecule has 3 heterocycles. The van der Waals surface area contributed by atoms with Crippen molar-refractivity contribution in [3.63, 3.8) is 0 Å². The van der Waals surface area contributed by atoms with Crippen molar-refractivity contribution >= 4 is 65.3 Å². The second-order valence-corrected chi connectivity index (χ2v) is 11.9. The summed E-state index contributed by atoms with van der Waals surface area (Å²) in [6, 6.07) is 50.0. The molecular weight excluding hydrogens is 576 g/mol. The average Bonchev–Trinajstić information content (AvgIpc) is 3.50. The molecule has 0 bridgehead atoms. The van der Waals surface area contributed by atoms with E-state index in [0.29, 0.717) is 17.5 Å². The zero-order valence-electron chi connectivity index (χ0n) is 25.1. The van der Waals surface area contributed by atoms with Gasteiger partial charge in [0, 0.05) is 22.1 Å². The van der Waals surface area contributed by atoms with Crippen molar-refractivity contribution in [1.82, 2.24) is 19.9 Å². The lowest BCUT2D eigenvalue weighted by Gasteiger charge is -2.13. The van der Waals surface area contributed by atoms with E-state index in [0.717, 1.165) is 71.2 Å². The molecule has 218 valence electrons. The Morgan fingerprint density at radius 2 is 1.06 bits per heavy atom. The van der Waals surface area contributed by atoms with Gasteiger partial charge in [-0.3, -0.25) is 0 Å². The number of hydrogen-bond acceptors (Lipinski definition) is 5. The number of fused-ring (bicyclic) bond motifs is 8. The van der Waals surface area contributed by atoms with E-state index in [1.165, 1.54) is 10.8 Å². The molecule has 0 fully saturated rings. The molecule has 0 spiro atoms. The van der Waals surface area contributed by atoms with E-state index in [1.807, 2.05) is 30.3 Å². The van der Waals surface area contributed by atoms with Gasteiger partial charge in [-0.15, -0.1) is 0 Å². The van der Waals surface area contributed by atoms with Gasteiger partial charge in [0.1, 0.15) is 11.1 Å². The van der Waals surface area contributed by atoms with Crippen LogP contribution in [0.25, 0.3) is 99.5 Å². The summed E-state index contributed by atoms with van der Waals surface area (Å²) in [7, 11) is 0. The highest BCUT2D eigenvalue weighted by Crippen LogP contribution is 2.39. The van der Waals surface area contributed by atoms with E-state index in [4.69, 9.17) is 24.4 Å². The van der Waals surface area contributed by atoms with Crippen molar-refractivity contribution in [2.75, 3.05) is 0 Å². The first kappa shape index (κ1) is 25.8. The van der Waals surface area contributed by atoms with Gasteiger partial charge in [0.15, 0.2) is 23.1 Å². The number of aromatic nitrogens is 4. The molecule has 5 heteroatoms. The van der Waals surface area contributed by atoms with Crippen LogP contribution in [0.2, 0.25) is 0 Å². The van der Waals surface area contributed by atoms with Crippen LogP contribution in [0.4, 0.5) is 0 Å². The summed E-state index contributed by atoms with van der Waals surface area (Å²) < 4.78 is 6.37. The smallest absolute Gasteiger partial charge is 0.164 e. The van der Waals surface area contributed by atoms with Crippen LogP contribution < -0.4 is 0 Å². The number of benzene rings is 7. The van der Waals surface area contributed by atoms with E-state index >= 15 is 0 Å². The van der Waals surface area contributed by atoms with E-state index in [1.54, 1.807) is 0 Å². The first-order valence-corrected chi connectivity index (χ1v) is 15.6. The molecule has 0 saturated heterocycles. The molecular formula is C42H24N4O. The third-order valence-corrected chi connectivity index (χ3v) is 9.06. The lowest BCUT2D eigenvalue weighted by molar-refractivity contribution is 0.669. The van der Waals surface area contributed by atoms with Gasteiger partial charge in [0.2, 0.25) is 0 Å². The van der Waals surface area contributed by atoms with Gasteiger partial charge in [0.05, 0.1) is 10.9 Å². The van der Waals surface area contributed by atoms with Crippen LogP contribution in [0.15, 0.2) is 150 Å². The minimum absolute atomic E-state index is 0.568. The van der Waals surface area contributed by atoms with Crippen LogP contribution in [0.3, 0.4) is 0 Å². The third-order valence-electron chi connectivity index (χ3n) is 9.06. The van der Waals surface area contributed by atoms with Crippen LogP contribution in [-0.2, 0) is 0 Å². The Hall–Kier alpha value is -6.46. The maximum absolute atomic E-state index is 6.37. The lowest BCUT2D eigenvalue weighted by Crippen LogP contribution is -2.01. The molecule has 0 aliphatic heterocycles. The number of hydrogen-bond donors (Lipinski definition) is 0. The lowest BCUT2D eigenvalue weighted by atomic mass is 9.96. The minimum atomic E-state index is 0.568. The monoisotopic (exact) mass is 600 g/mol. The Kier molecular flexibility index (Phi) is 5.51. The Morgan fingerprint density at radius 3 is 1.94 bits per heavy atom. The molecule has 0 saturated carbocycles. The summed E-state index contributed by atoms with van der Waals surface area (Å²) in [5.74, 6) is 1.79. The van der Waals surface area contributed by atoms with Crippen molar-refractivity contribution < 1.29 is 4.42 Å². The predicted molar refractivity (Wildman–Crippen MR) is 191 cm³/mol. The zero-order chi connectivity index (χ0) is 30.9. The predicted octanol–water partition coefficient (Wildman–Crippen LogP) is 10.8. The summed E-state index contributed by atoms with van der Waals surface area (Å²) in [4.78, 5) is 20.6. The standard InChI is InChI=1S/C42H24N4O/c1-2-11-26-22-29(21-20-25(26)10-1)40-44-41(33-17-9-19-36-38(33)39-37(47-36)24-28-13-4-8-18-35(28)43-39)46-42(45-40)34-23-27-12-3-5-14-30(27)31-15-6-7-16-32(31)34/h1-24H. The molecule has 5 nitrogen and oxygen atoms in total. The van der Waals surface area contributed by atoms with Crippen molar-refractivity contribution in [2.24, 2.45) is 0 Å². The van der Waals surface area contributed by atoms with Crippen LogP contribution >= 0.6 is 0 Å². The summed E-state index contributed by atoms with van der Waals surface area (Å²) in [5.41, 5.74) is 5.90. The van der Waals surface area contributed by atoms with Gasteiger partial charge in [-0.2, -0.15) is 0 Å². The molecule has 3 aromatic heterocycles. The van der Waals surface area contributed by atoms with Crippen LogP contribution in [0.5, 0.6) is 0 Å². The molecule has 47 heavy (non-hydrogen) atoms. The highest BCUT2D eigenvalue weighted by molar-refractivity contribution is 6.14. The maximum atomic E-state index is 6.37.